The number of benzene rings is 2. The molecule has 0 atom stereocenters. The number of aromatic amines is 1. The van der Waals surface area contributed by atoms with Gasteiger partial charge in [0.2, 0.25) is 0 Å². The van der Waals surface area contributed by atoms with Gasteiger partial charge in [-0.15, -0.1) is 13.2 Å². The second-order valence-corrected chi connectivity index (χ2v) is 5.59. The van der Waals surface area contributed by atoms with Crippen LogP contribution >= 0.6 is 0 Å². The lowest BCUT2D eigenvalue weighted by atomic mass is 10.2. The van der Waals surface area contributed by atoms with Gasteiger partial charge in [-0.1, -0.05) is 12.1 Å². The minimum atomic E-state index is -4.76. The first-order valence-corrected chi connectivity index (χ1v) is 7.79. The summed E-state index contributed by atoms with van der Waals surface area (Å²) in [5.74, 6) is -0.337. The molecule has 1 heterocycles. The Hall–Kier alpha value is -3.30. The zero-order valence-electron chi connectivity index (χ0n) is 13.8. The lowest BCUT2D eigenvalue weighted by Crippen LogP contribution is -2.19. The predicted molar refractivity (Wildman–Crippen MR) is 88.8 cm³/mol. The van der Waals surface area contributed by atoms with Crippen LogP contribution in [0.4, 0.5) is 23.2 Å². The zero-order valence-corrected chi connectivity index (χ0v) is 13.8. The number of aromatic nitrogens is 3. The molecule has 142 valence electrons. The van der Waals surface area contributed by atoms with Gasteiger partial charge in [0.05, 0.1) is 13.1 Å². The van der Waals surface area contributed by atoms with Gasteiger partial charge in [-0.05, 0) is 42.0 Å². The van der Waals surface area contributed by atoms with E-state index in [1.807, 2.05) is 0 Å². The molecule has 6 nitrogen and oxygen atoms in total. The lowest BCUT2D eigenvalue weighted by molar-refractivity contribution is -0.274. The minimum Gasteiger partial charge on any atom is -0.406 e. The molecule has 27 heavy (non-hydrogen) atoms. The van der Waals surface area contributed by atoms with Crippen molar-refractivity contribution >= 4 is 5.69 Å². The summed E-state index contributed by atoms with van der Waals surface area (Å²) < 4.78 is 54.3. The molecule has 0 saturated heterocycles. The van der Waals surface area contributed by atoms with E-state index >= 15 is 0 Å². The number of anilines is 1. The van der Waals surface area contributed by atoms with Crippen LogP contribution in [0.25, 0.3) is 0 Å². The quantitative estimate of drug-likeness (QED) is 0.642. The SMILES string of the molecule is O=c1[nH]c(CNc2ccc(F)cc2)nn1Cc1ccc(OC(F)(F)F)cc1. The van der Waals surface area contributed by atoms with Gasteiger partial charge >= 0.3 is 12.1 Å². The molecule has 0 unspecified atom stereocenters. The number of alkyl halides is 3. The molecular formula is C17H14F4N4O2. The van der Waals surface area contributed by atoms with E-state index in [1.54, 1.807) is 12.1 Å². The molecule has 0 saturated carbocycles. The number of nitrogens with zero attached hydrogens (tertiary/aromatic N) is 2. The number of H-pyrrole nitrogens is 1. The van der Waals surface area contributed by atoms with E-state index in [-0.39, 0.29) is 24.7 Å². The summed E-state index contributed by atoms with van der Waals surface area (Å²) in [6.07, 6.45) is -4.76. The van der Waals surface area contributed by atoms with Crippen molar-refractivity contribution < 1.29 is 22.3 Å². The average molecular weight is 382 g/mol. The van der Waals surface area contributed by atoms with Gasteiger partial charge < -0.3 is 10.1 Å². The van der Waals surface area contributed by atoms with E-state index in [9.17, 15) is 22.4 Å². The van der Waals surface area contributed by atoms with Gasteiger partial charge in [0.25, 0.3) is 0 Å². The Morgan fingerprint density at radius 1 is 1.07 bits per heavy atom. The molecule has 3 rings (SSSR count). The van der Waals surface area contributed by atoms with Crippen LogP contribution in [0.2, 0.25) is 0 Å². The lowest BCUT2D eigenvalue weighted by Gasteiger charge is -2.09. The highest BCUT2D eigenvalue weighted by atomic mass is 19.4. The highest BCUT2D eigenvalue weighted by Crippen LogP contribution is 2.22. The zero-order chi connectivity index (χ0) is 19.4. The topological polar surface area (TPSA) is 71.9 Å². The van der Waals surface area contributed by atoms with Crippen molar-refractivity contribution in [2.75, 3.05) is 5.32 Å². The standard InChI is InChI=1S/C17H14F4N4O2/c18-12-3-5-13(6-4-12)22-9-15-23-16(26)25(24-15)10-11-1-7-14(8-2-11)27-17(19,20)21/h1-8,22H,9-10H2,(H,23,24,26). The average Bonchev–Trinajstić information content (AvgIpc) is 2.95. The number of nitrogens with one attached hydrogen (secondary N) is 2. The van der Waals surface area contributed by atoms with Gasteiger partial charge in [0.15, 0.2) is 0 Å². The van der Waals surface area contributed by atoms with Crippen LogP contribution in [-0.2, 0) is 13.1 Å². The summed E-state index contributed by atoms with van der Waals surface area (Å²) in [5, 5.41) is 7.11. The maximum atomic E-state index is 12.9. The molecule has 10 heteroatoms. The van der Waals surface area contributed by atoms with E-state index in [0.717, 1.165) is 16.8 Å². The summed E-state index contributed by atoms with van der Waals surface area (Å²) in [7, 11) is 0. The van der Waals surface area contributed by atoms with Gasteiger partial charge in [-0.25, -0.2) is 13.9 Å². The van der Waals surface area contributed by atoms with Crippen LogP contribution in [0.1, 0.15) is 11.4 Å². The highest BCUT2D eigenvalue weighted by molar-refractivity contribution is 5.42. The smallest absolute Gasteiger partial charge is 0.406 e. The molecule has 3 aromatic rings. The number of hydrogen-bond donors (Lipinski definition) is 2. The summed E-state index contributed by atoms with van der Waals surface area (Å²) in [5.41, 5.74) is 0.782. The maximum absolute atomic E-state index is 12.9. The van der Waals surface area contributed by atoms with Crippen LogP contribution in [0.5, 0.6) is 5.75 Å². The number of rotatable bonds is 6. The fourth-order valence-electron chi connectivity index (χ4n) is 2.31. The molecule has 0 aliphatic rings. The molecule has 0 radical (unpaired) electrons. The van der Waals surface area contributed by atoms with Gasteiger partial charge in [0.1, 0.15) is 17.4 Å². The fraction of sp³-hybridized carbons (Fsp3) is 0.176. The van der Waals surface area contributed by atoms with Crippen molar-refractivity contribution in [1.82, 2.24) is 14.8 Å². The van der Waals surface area contributed by atoms with E-state index in [2.05, 4.69) is 20.1 Å². The number of halogens is 4. The first-order chi connectivity index (χ1) is 12.8. The van der Waals surface area contributed by atoms with Gasteiger partial charge in [-0.2, -0.15) is 5.10 Å². The van der Waals surface area contributed by atoms with E-state index in [4.69, 9.17) is 0 Å². The Morgan fingerprint density at radius 2 is 1.74 bits per heavy atom. The van der Waals surface area contributed by atoms with Gasteiger partial charge in [-0.3, -0.25) is 4.98 Å². The number of ether oxygens (including phenoxy) is 1. The molecule has 0 aliphatic heterocycles. The van der Waals surface area contributed by atoms with Crippen molar-refractivity contribution in [2.24, 2.45) is 0 Å². The van der Waals surface area contributed by atoms with Crippen LogP contribution < -0.4 is 15.7 Å². The normalized spacial score (nSPS) is 11.4. The van der Waals surface area contributed by atoms with E-state index < -0.39 is 12.1 Å². The highest BCUT2D eigenvalue weighted by Gasteiger charge is 2.30. The van der Waals surface area contributed by atoms with Crippen LogP contribution in [0, 0.1) is 5.82 Å². The first-order valence-electron chi connectivity index (χ1n) is 7.79. The molecule has 0 bridgehead atoms. The largest absolute Gasteiger partial charge is 0.573 e. The third-order valence-corrected chi connectivity index (χ3v) is 3.52. The summed E-state index contributed by atoms with van der Waals surface area (Å²) in [4.78, 5) is 14.5. The molecule has 1 aromatic heterocycles. The molecular weight excluding hydrogens is 368 g/mol. The molecule has 0 aliphatic carbocycles. The Balaban J connectivity index is 1.62. The van der Waals surface area contributed by atoms with E-state index in [0.29, 0.717) is 17.1 Å². The fourth-order valence-corrected chi connectivity index (χ4v) is 2.31. The Morgan fingerprint density at radius 3 is 2.37 bits per heavy atom. The van der Waals surface area contributed by atoms with Crippen molar-refractivity contribution in [3.63, 3.8) is 0 Å². The third kappa shape index (κ3) is 5.33. The van der Waals surface area contributed by atoms with Gasteiger partial charge in [0, 0.05) is 5.69 Å². The molecule has 0 spiro atoms. The van der Waals surface area contributed by atoms with Crippen molar-refractivity contribution in [3.8, 4) is 5.75 Å². The summed E-state index contributed by atoms with van der Waals surface area (Å²) in [6, 6.07) is 10.9. The third-order valence-electron chi connectivity index (χ3n) is 3.52. The second kappa shape index (κ2) is 7.52. The molecule has 0 amide bonds. The van der Waals surface area contributed by atoms with Crippen LogP contribution in [0.3, 0.4) is 0 Å². The van der Waals surface area contributed by atoms with E-state index in [1.165, 1.54) is 24.3 Å². The maximum Gasteiger partial charge on any atom is 0.573 e. The molecule has 2 N–H and O–H groups in total. The molecule has 2 aromatic carbocycles. The summed E-state index contributed by atoms with van der Waals surface area (Å²) >= 11 is 0. The minimum absolute atomic E-state index is 0.0815. The Kier molecular flexibility index (Phi) is 5.15. The second-order valence-electron chi connectivity index (χ2n) is 5.59. The van der Waals surface area contributed by atoms with Crippen molar-refractivity contribution in [2.45, 2.75) is 19.5 Å². The number of hydrogen-bond acceptors (Lipinski definition) is 4. The predicted octanol–water partition coefficient (Wildman–Crippen LogP) is 3.27. The van der Waals surface area contributed by atoms with Crippen LogP contribution in [-0.4, -0.2) is 21.1 Å². The Bertz CT molecular complexity index is 947. The van der Waals surface area contributed by atoms with Crippen LogP contribution in [0.15, 0.2) is 53.3 Å². The van der Waals surface area contributed by atoms with Crippen molar-refractivity contribution in [3.05, 3.63) is 76.2 Å². The molecule has 0 fully saturated rings. The van der Waals surface area contributed by atoms with Crippen molar-refractivity contribution in [1.29, 1.82) is 0 Å². The first kappa shape index (κ1) is 18.5. The summed E-state index contributed by atoms with van der Waals surface area (Å²) in [6.45, 7) is 0.296. The monoisotopic (exact) mass is 382 g/mol. The Labute approximate surface area is 150 Å².